The van der Waals surface area contributed by atoms with Crippen molar-refractivity contribution in [3.63, 3.8) is 0 Å². The number of piperazine rings is 1. The number of nitrogens with zero attached hydrogens (tertiary/aromatic N) is 2. The molecule has 3 aromatic rings. The maximum absolute atomic E-state index is 5.67. The summed E-state index contributed by atoms with van der Waals surface area (Å²) in [5.74, 6) is 1.33. The summed E-state index contributed by atoms with van der Waals surface area (Å²) in [5, 5.41) is 1.15. The summed E-state index contributed by atoms with van der Waals surface area (Å²) in [4.78, 5) is 5.06. The second kappa shape index (κ2) is 7.98. The van der Waals surface area contributed by atoms with Crippen LogP contribution in [0.4, 0.5) is 0 Å². The highest BCUT2D eigenvalue weighted by molar-refractivity contribution is 5.86. The van der Waals surface area contributed by atoms with Gasteiger partial charge in [0.1, 0.15) is 0 Å². The molecule has 4 nitrogen and oxygen atoms in total. The monoisotopic (exact) mass is 378 g/mol. The van der Waals surface area contributed by atoms with Gasteiger partial charge in [-0.3, -0.25) is 9.80 Å². The zero-order valence-corrected chi connectivity index (χ0v) is 17.3. The molecule has 0 bridgehead atoms. The van der Waals surface area contributed by atoms with E-state index in [1.807, 2.05) is 6.07 Å². The minimum atomic E-state index is 0.422. The van der Waals surface area contributed by atoms with Gasteiger partial charge in [0.05, 0.1) is 13.4 Å². The lowest BCUT2D eigenvalue weighted by atomic mass is 9.91. The molecule has 28 heavy (non-hydrogen) atoms. The van der Waals surface area contributed by atoms with E-state index in [4.69, 9.17) is 9.15 Å². The zero-order chi connectivity index (χ0) is 19.7. The predicted molar refractivity (Wildman–Crippen MR) is 114 cm³/mol. The molecule has 0 saturated carbocycles. The van der Waals surface area contributed by atoms with Crippen LogP contribution in [-0.2, 0) is 6.54 Å². The largest absolute Gasteiger partial charge is 0.493 e. The van der Waals surface area contributed by atoms with E-state index in [2.05, 4.69) is 67.1 Å². The average Bonchev–Trinajstić information content (AvgIpc) is 3.20. The molecule has 1 aliphatic heterocycles. The first-order chi connectivity index (χ1) is 13.6. The Morgan fingerprint density at radius 1 is 1.11 bits per heavy atom. The Bertz CT molecular complexity index is 947. The van der Waals surface area contributed by atoms with Crippen molar-refractivity contribution in [2.75, 3.05) is 33.8 Å². The van der Waals surface area contributed by atoms with Gasteiger partial charge in [0.2, 0.25) is 0 Å². The Hall–Kier alpha value is -2.30. The Morgan fingerprint density at radius 2 is 1.93 bits per heavy atom. The summed E-state index contributed by atoms with van der Waals surface area (Å²) in [6.07, 6.45) is 1.75. The van der Waals surface area contributed by atoms with Crippen molar-refractivity contribution in [2.24, 2.45) is 0 Å². The number of furan rings is 1. The van der Waals surface area contributed by atoms with Gasteiger partial charge >= 0.3 is 0 Å². The van der Waals surface area contributed by atoms with E-state index < -0.39 is 0 Å². The molecule has 2 aromatic carbocycles. The Morgan fingerprint density at radius 3 is 2.71 bits per heavy atom. The normalized spacial score (nSPS) is 18.8. The van der Waals surface area contributed by atoms with Gasteiger partial charge < -0.3 is 9.15 Å². The van der Waals surface area contributed by atoms with Crippen LogP contribution < -0.4 is 4.74 Å². The minimum absolute atomic E-state index is 0.422. The minimum Gasteiger partial charge on any atom is -0.493 e. The molecule has 1 atom stereocenters. The fourth-order valence-corrected chi connectivity index (χ4v) is 4.38. The van der Waals surface area contributed by atoms with Crippen molar-refractivity contribution < 1.29 is 9.15 Å². The summed E-state index contributed by atoms with van der Waals surface area (Å²) in [6.45, 7) is 8.67. The molecule has 4 heteroatoms. The number of methoxy groups -OCH3 is 1. The van der Waals surface area contributed by atoms with Crippen LogP contribution in [0.25, 0.3) is 11.0 Å². The van der Waals surface area contributed by atoms with E-state index in [9.17, 15) is 0 Å². The lowest BCUT2D eigenvalue weighted by molar-refractivity contribution is 0.0902. The molecule has 0 spiro atoms. The standard InChI is InChI=1S/C24H30N2O2/c1-17(2)19-7-5-6-8-21(19)22-16-26(13-12-25(22)3)15-18-9-10-23(27-4)24-20(18)11-14-28-24/h5-11,14,17,22H,12-13,15-16H2,1-4H3. The number of hydrogen-bond acceptors (Lipinski definition) is 4. The van der Waals surface area contributed by atoms with Gasteiger partial charge in [0.25, 0.3) is 0 Å². The fraction of sp³-hybridized carbons (Fsp3) is 0.417. The van der Waals surface area contributed by atoms with Gasteiger partial charge in [-0.15, -0.1) is 0 Å². The van der Waals surface area contributed by atoms with Crippen LogP contribution in [0.5, 0.6) is 5.75 Å². The molecule has 2 heterocycles. The maximum Gasteiger partial charge on any atom is 0.175 e. The number of likely N-dealkylation sites (N-methyl/N-ethyl adjacent to an activating group) is 1. The molecular weight excluding hydrogens is 348 g/mol. The maximum atomic E-state index is 5.67. The Balaban J connectivity index is 1.59. The highest BCUT2D eigenvalue weighted by Gasteiger charge is 2.28. The first-order valence-corrected chi connectivity index (χ1v) is 10.1. The van der Waals surface area contributed by atoms with E-state index in [0.29, 0.717) is 12.0 Å². The van der Waals surface area contributed by atoms with Crippen molar-refractivity contribution in [1.29, 1.82) is 0 Å². The topological polar surface area (TPSA) is 28.9 Å². The van der Waals surface area contributed by atoms with Gasteiger partial charge in [-0.25, -0.2) is 0 Å². The van der Waals surface area contributed by atoms with Crippen molar-refractivity contribution in [3.05, 3.63) is 65.4 Å². The van der Waals surface area contributed by atoms with Gasteiger partial charge in [-0.1, -0.05) is 44.2 Å². The second-order valence-electron chi connectivity index (χ2n) is 8.11. The molecule has 0 amide bonds. The average molecular weight is 379 g/mol. The number of rotatable bonds is 5. The third kappa shape index (κ3) is 3.54. The lowest BCUT2D eigenvalue weighted by Crippen LogP contribution is -2.46. The molecule has 1 saturated heterocycles. The summed E-state index contributed by atoms with van der Waals surface area (Å²) in [5.41, 5.74) is 5.07. The summed E-state index contributed by atoms with van der Waals surface area (Å²) in [6, 6.07) is 15.6. The van der Waals surface area contributed by atoms with Crippen LogP contribution in [0.2, 0.25) is 0 Å². The smallest absolute Gasteiger partial charge is 0.175 e. The quantitative estimate of drug-likeness (QED) is 0.621. The molecule has 4 rings (SSSR count). The molecular formula is C24H30N2O2. The van der Waals surface area contributed by atoms with Gasteiger partial charge in [0.15, 0.2) is 11.3 Å². The lowest BCUT2D eigenvalue weighted by Gasteiger charge is -2.41. The first-order valence-electron chi connectivity index (χ1n) is 10.1. The van der Waals surface area contributed by atoms with Crippen LogP contribution in [0.1, 0.15) is 42.5 Å². The van der Waals surface area contributed by atoms with Crippen LogP contribution >= 0.6 is 0 Å². The highest BCUT2D eigenvalue weighted by Crippen LogP contribution is 2.33. The third-order valence-electron chi connectivity index (χ3n) is 5.99. The zero-order valence-electron chi connectivity index (χ0n) is 17.3. The Kier molecular flexibility index (Phi) is 5.42. The molecule has 0 aliphatic carbocycles. The predicted octanol–water partition coefficient (Wildman–Crippen LogP) is 5.05. The molecule has 1 aliphatic rings. The van der Waals surface area contributed by atoms with Crippen molar-refractivity contribution in [2.45, 2.75) is 32.4 Å². The summed E-state index contributed by atoms with van der Waals surface area (Å²) < 4.78 is 11.1. The van der Waals surface area contributed by atoms with E-state index in [1.165, 1.54) is 16.7 Å². The third-order valence-corrected chi connectivity index (χ3v) is 5.99. The molecule has 0 radical (unpaired) electrons. The van der Waals surface area contributed by atoms with Gasteiger partial charge in [-0.2, -0.15) is 0 Å². The number of benzene rings is 2. The SMILES string of the molecule is COc1ccc(CN2CCN(C)C(c3ccccc3C(C)C)C2)c2ccoc12. The first kappa shape index (κ1) is 19.0. The van der Waals surface area contributed by atoms with E-state index >= 15 is 0 Å². The molecule has 1 aromatic heterocycles. The molecule has 1 fully saturated rings. The van der Waals surface area contributed by atoms with Gasteiger partial charge in [-0.05, 0) is 41.8 Å². The van der Waals surface area contributed by atoms with Crippen molar-refractivity contribution in [1.82, 2.24) is 9.80 Å². The fourth-order valence-electron chi connectivity index (χ4n) is 4.38. The number of hydrogen-bond donors (Lipinski definition) is 0. The molecule has 148 valence electrons. The number of ether oxygens (including phenoxy) is 1. The highest BCUT2D eigenvalue weighted by atomic mass is 16.5. The van der Waals surface area contributed by atoms with Crippen LogP contribution in [-0.4, -0.2) is 43.6 Å². The molecule has 1 unspecified atom stereocenters. The van der Waals surface area contributed by atoms with Crippen molar-refractivity contribution in [3.8, 4) is 5.75 Å². The van der Waals surface area contributed by atoms with E-state index in [-0.39, 0.29) is 0 Å². The van der Waals surface area contributed by atoms with E-state index in [0.717, 1.165) is 42.9 Å². The number of fused-ring (bicyclic) bond motifs is 1. The van der Waals surface area contributed by atoms with Crippen LogP contribution in [0, 0.1) is 0 Å². The summed E-state index contributed by atoms with van der Waals surface area (Å²) in [7, 11) is 3.94. The Labute approximate surface area is 167 Å². The molecule has 0 N–H and O–H groups in total. The van der Waals surface area contributed by atoms with Crippen LogP contribution in [0.3, 0.4) is 0 Å². The van der Waals surface area contributed by atoms with Crippen LogP contribution in [0.15, 0.2) is 53.1 Å². The summed E-state index contributed by atoms with van der Waals surface area (Å²) >= 11 is 0. The second-order valence-corrected chi connectivity index (χ2v) is 8.11. The van der Waals surface area contributed by atoms with Crippen molar-refractivity contribution >= 4 is 11.0 Å². The van der Waals surface area contributed by atoms with E-state index in [1.54, 1.807) is 13.4 Å². The van der Waals surface area contributed by atoms with Gasteiger partial charge in [0, 0.05) is 37.6 Å².